The summed E-state index contributed by atoms with van der Waals surface area (Å²) in [5.74, 6) is 3.39. The van der Waals surface area contributed by atoms with Gasteiger partial charge in [-0.05, 0) is 49.4 Å². The first-order chi connectivity index (χ1) is 10.1. The average Bonchev–Trinajstić information content (AvgIpc) is 2.49. The molecule has 1 nitrogen and oxygen atoms in total. The Morgan fingerprint density at radius 3 is 2.38 bits per heavy atom. The molecule has 2 heteroatoms. The zero-order valence-electron chi connectivity index (χ0n) is 14.4. The van der Waals surface area contributed by atoms with Crippen LogP contribution in [0.15, 0.2) is 0 Å². The third-order valence-electron chi connectivity index (χ3n) is 6.03. The topological polar surface area (TPSA) is 9.23 Å². The molecule has 0 aromatic heterocycles. The summed E-state index contributed by atoms with van der Waals surface area (Å²) in [5.41, 5.74) is 0. The molecule has 2 saturated carbocycles. The Morgan fingerprint density at radius 1 is 1.00 bits per heavy atom. The van der Waals surface area contributed by atoms with E-state index < -0.39 is 0 Å². The summed E-state index contributed by atoms with van der Waals surface area (Å²) in [6.45, 7) is 7.95. The van der Waals surface area contributed by atoms with Crippen LogP contribution in [0.4, 0.5) is 0 Å². The predicted molar refractivity (Wildman–Crippen MR) is 95.0 cm³/mol. The summed E-state index contributed by atoms with van der Waals surface area (Å²) >= 11 is 4.99. The molecule has 2 rings (SSSR count). The average molecular weight is 313 g/mol. The van der Waals surface area contributed by atoms with Crippen molar-refractivity contribution in [3.63, 3.8) is 0 Å². The van der Waals surface area contributed by atoms with Gasteiger partial charge in [0.15, 0.2) is 0 Å². The van der Waals surface area contributed by atoms with Crippen LogP contribution in [0.3, 0.4) is 0 Å². The van der Waals surface area contributed by atoms with Crippen molar-refractivity contribution < 1.29 is 4.74 Å². The first-order valence-electron chi connectivity index (χ1n) is 9.41. The Balaban J connectivity index is 1.76. The molecule has 21 heavy (non-hydrogen) atoms. The standard InChI is InChI=1S/C19H36OS/c1-4-5-12-20-18-11-10-17(19(21)15(18)3)13-16-8-6-14(2)7-9-16/h14-19,21H,4-13H2,1-3H3. The predicted octanol–water partition coefficient (Wildman–Crippen LogP) is 5.73. The van der Waals surface area contributed by atoms with Gasteiger partial charge < -0.3 is 4.74 Å². The molecule has 0 spiro atoms. The van der Waals surface area contributed by atoms with Gasteiger partial charge in [-0.15, -0.1) is 0 Å². The minimum absolute atomic E-state index is 0.460. The number of ether oxygens (including phenoxy) is 1. The Morgan fingerprint density at radius 2 is 1.71 bits per heavy atom. The third kappa shape index (κ3) is 5.16. The Kier molecular flexibility index (Phi) is 7.41. The van der Waals surface area contributed by atoms with Crippen LogP contribution in [-0.2, 0) is 4.74 Å². The highest BCUT2D eigenvalue weighted by Gasteiger charge is 2.36. The lowest BCUT2D eigenvalue weighted by Gasteiger charge is -2.41. The van der Waals surface area contributed by atoms with Crippen LogP contribution < -0.4 is 0 Å². The normalized spacial score (nSPS) is 41.1. The lowest BCUT2D eigenvalue weighted by atomic mass is 9.72. The van der Waals surface area contributed by atoms with E-state index in [0.717, 1.165) is 24.4 Å². The third-order valence-corrected chi connectivity index (χ3v) is 6.92. The van der Waals surface area contributed by atoms with E-state index in [1.54, 1.807) is 0 Å². The van der Waals surface area contributed by atoms with Crippen molar-refractivity contribution in [2.24, 2.45) is 23.7 Å². The van der Waals surface area contributed by atoms with E-state index in [9.17, 15) is 0 Å². The molecule has 2 aliphatic carbocycles. The number of hydrogen-bond donors (Lipinski definition) is 1. The molecule has 4 unspecified atom stereocenters. The Bertz CT molecular complexity index is 285. The molecule has 2 fully saturated rings. The van der Waals surface area contributed by atoms with Gasteiger partial charge in [0.05, 0.1) is 6.10 Å². The molecule has 124 valence electrons. The highest BCUT2D eigenvalue weighted by atomic mass is 32.1. The van der Waals surface area contributed by atoms with Crippen LogP contribution >= 0.6 is 12.6 Å². The second-order valence-electron chi connectivity index (χ2n) is 7.81. The smallest absolute Gasteiger partial charge is 0.0611 e. The molecule has 0 heterocycles. The summed E-state index contributed by atoms with van der Waals surface area (Å²) in [6, 6.07) is 0. The van der Waals surface area contributed by atoms with Crippen LogP contribution in [0.1, 0.15) is 78.6 Å². The van der Waals surface area contributed by atoms with Crippen LogP contribution in [0, 0.1) is 23.7 Å². The summed E-state index contributed by atoms with van der Waals surface area (Å²) < 4.78 is 6.11. The molecule has 0 aromatic rings. The van der Waals surface area contributed by atoms with Gasteiger partial charge in [-0.25, -0.2) is 0 Å². The van der Waals surface area contributed by atoms with Crippen molar-refractivity contribution in [2.75, 3.05) is 6.61 Å². The van der Waals surface area contributed by atoms with Crippen molar-refractivity contribution >= 4 is 12.6 Å². The van der Waals surface area contributed by atoms with Gasteiger partial charge in [0, 0.05) is 11.9 Å². The molecule has 0 radical (unpaired) electrons. The zero-order chi connectivity index (χ0) is 15.2. The molecule has 0 saturated heterocycles. The van der Waals surface area contributed by atoms with Gasteiger partial charge in [0.2, 0.25) is 0 Å². The van der Waals surface area contributed by atoms with Crippen molar-refractivity contribution in [2.45, 2.75) is 89.9 Å². The lowest BCUT2D eigenvalue weighted by molar-refractivity contribution is -0.0177. The van der Waals surface area contributed by atoms with Crippen LogP contribution in [0.2, 0.25) is 0 Å². The Labute approximate surface area is 138 Å². The van der Waals surface area contributed by atoms with Crippen molar-refractivity contribution in [1.82, 2.24) is 0 Å². The maximum Gasteiger partial charge on any atom is 0.0611 e. The van der Waals surface area contributed by atoms with E-state index in [2.05, 4.69) is 20.8 Å². The molecule has 0 aromatic carbocycles. The number of thiol groups is 1. The van der Waals surface area contributed by atoms with Gasteiger partial charge in [-0.3, -0.25) is 0 Å². The highest BCUT2D eigenvalue weighted by molar-refractivity contribution is 7.81. The highest BCUT2D eigenvalue weighted by Crippen LogP contribution is 2.41. The fourth-order valence-corrected chi connectivity index (χ4v) is 4.79. The van der Waals surface area contributed by atoms with Crippen molar-refractivity contribution in [1.29, 1.82) is 0 Å². The fraction of sp³-hybridized carbons (Fsp3) is 1.00. The SMILES string of the molecule is CCCCOC1CCC(CC2CCC(C)CC2)C(S)C1C. The van der Waals surface area contributed by atoms with E-state index in [0.29, 0.717) is 17.3 Å². The van der Waals surface area contributed by atoms with Crippen molar-refractivity contribution in [3.8, 4) is 0 Å². The maximum atomic E-state index is 6.11. The quantitative estimate of drug-likeness (QED) is 0.486. The molecular weight excluding hydrogens is 276 g/mol. The first kappa shape index (κ1) is 17.7. The zero-order valence-corrected chi connectivity index (χ0v) is 15.3. The van der Waals surface area contributed by atoms with Crippen LogP contribution in [-0.4, -0.2) is 18.0 Å². The van der Waals surface area contributed by atoms with Gasteiger partial charge in [0.1, 0.15) is 0 Å². The fourth-order valence-electron chi connectivity index (χ4n) is 4.33. The molecule has 0 aliphatic heterocycles. The minimum Gasteiger partial charge on any atom is -0.378 e. The van der Waals surface area contributed by atoms with Crippen molar-refractivity contribution in [3.05, 3.63) is 0 Å². The number of rotatable bonds is 6. The number of unbranched alkanes of at least 4 members (excludes halogenated alkanes) is 1. The summed E-state index contributed by atoms with van der Waals surface area (Å²) in [5, 5.41) is 0.546. The largest absolute Gasteiger partial charge is 0.378 e. The molecule has 4 atom stereocenters. The summed E-state index contributed by atoms with van der Waals surface area (Å²) in [4.78, 5) is 0. The van der Waals surface area contributed by atoms with Gasteiger partial charge in [-0.1, -0.05) is 52.9 Å². The second-order valence-corrected chi connectivity index (χ2v) is 8.41. The van der Waals surface area contributed by atoms with E-state index in [4.69, 9.17) is 17.4 Å². The first-order valence-corrected chi connectivity index (χ1v) is 9.93. The molecule has 0 bridgehead atoms. The minimum atomic E-state index is 0.460. The van der Waals surface area contributed by atoms with Gasteiger partial charge >= 0.3 is 0 Å². The van der Waals surface area contributed by atoms with Crippen LogP contribution in [0.25, 0.3) is 0 Å². The molecule has 0 amide bonds. The van der Waals surface area contributed by atoms with Gasteiger partial charge in [0.25, 0.3) is 0 Å². The monoisotopic (exact) mass is 312 g/mol. The van der Waals surface area contributed by atoms with Gasteiger partial charge in [-0.2, -0.15) is 12.6 Å². The Hall–Kier alpha value is 0.310. The molecule has 0 N–H and O–H groups in total. The lowest BCUT2D eigenvalue weighted by Crippen LogP contribution is -2.40. The van der Waals surface area contributed by atoms with E-state index >= 15 is 0 Å². The van der Waals surface area contributed by atoms with E-state index in [1.807, 2.05) is 0 Å². The summed E-state index contributed by atoms with van der Waals surface area (Å²) in [6.07, 6.45) is 12.7. The van der Waals surface area contributed by atoms with E-state index in [-0.39, 0.29) is 0 Å². The van der Waals surface area contributed by atoms with Crippen LogP contribution in [0.5, 0.6) is 0 Å². The number of hydrogen-bond acceptors (Lipinski definition) is 2. The molecular formula is C19H36OS. The molecule has 2 aliphatic rings. The van der Waals surface area contributed by atoms with E-state index in [1.165, 1.54) is 57.8 Å². The maximum absolute atomic E-state index is 6.11. The second kappa shape index (κ2) is 8.82. The summed E-state index contributed by atoms with van der Waals surface area (Å²) in [7, 11) is 0.